The second kappa shape index (κ2) is 7.31. The topological polar surface area (TPSA) is 44.8 Å². The summed E-state index contributed by atoms with van der Waals surface area (Å²) in [5.74, 6) is 2.01. The van der Waals surface area contributed by atoms with Crippen LogP contribution < -0.4 is 14.2 Å². The molecule has 0 heterocycles. The van der Waals surface area contributed by atoms with E-state index in [1.807, 2.05) is 12.1 Å². The molecule has 0 saturated heterocycles. The first kappa shape index (κ1) is 15.6. The highest BCUT2D eigenvalue weighted by molar-refractivity contribution is 6.07. The average Bonchev–Trinajstić information content (AvgIpc) is 2.59. The number of carbonyl (C=O) groups is 1. The molecule has 4 heteroatoms. The molecule has 114 valence electrons. The third kappa shape index (κ3) is 3.67. The molecular weight excluding hydrogens is 280 g/mol. The van der Waals surface area contributed by atoms with E-state index in [9.17, 15) is 4.79 Å². The number of ether oxygens (including phenoxy) is 3. The van der Waals surface area contributed by atoms with Gasteiger partial charge in [0.2, 0.25) is 0 Å². The summed E-state index contributed by atoms with van der Waals surface area (Å²) in [6.45, 7) is 0. The van der Waals surface area contributed by atoms with Crippen LogP contribution in [0.2, 0.25) is 0 Å². The van der Waals surface area contributed by atoms with E-state index in [0.717, 1.165) is 11.3 Å². The largest absolute Gasteiger partial charge is 0.497 e. The number of rotatable bonds is 6. The Hall–Kier alpha value is -2.75. The van der Waals surface area contributed by atoms with E-state index in [-0.39, 0.29) is 5.78 Å². The third-order valence-electron chi connectivity index (χ3n) is 3.23. The van der Waals surface area contributed by atoms with Crippen molar-refractivity contribution in [2.24, 2.45) is 0 Å². The zero-order chi connectivity index (χ0) is 15.9. The van der Waals surface area contributed by atoms with Gasteiger partial charge in [-0.3, -0.25) is 4.79 Å². The molecule has 0 aliphatic carbocycles. The minimum Gasteiger partial charge on any atom is -0.497 e. The second-order valence-corrected chi connectivity index (χ2v) is 4.53. The molecule has 0 aliphatic rings. The Morgan fingerprint density at radius 2 is 1.50 bits per heavy atom. The van der Waals surface area contributed by atoms with E-state index in [4.69, 9.17) is 14.2 Å². The molecule has 2 aromatic carbocycles. The van der Waals surface area contributed by atoms with Gasteiger partial charge in [0.25, 0.3) is 0 Å². The lowest BCUT2D eigenvalue weighted by Crippen LogP contribution is -1.95. The predicted molar refractivity (Wildman–Crippen MR) is 85.9 cm³/mol. The molecule has 0 fully saturated rings. The molecule has 0 saturated carbocycles. The molecule has 0 spiro atoms. The van der Waals surface area contributed by atoms with Crippen LogP contribution >= 0.6 is 0 Å². The van der Waals surface area contributed by atoms with Gasteiger partial charge in [-0.1, -0.05) is 0 Å². The van der Waals surface area contributed by atoms with Crippen LogP contribution in [-0.4, -0.2) is 27.1 Å². The summed E-state index contributed by atoms with van der Waals surface area (Å²) in [4.78, 5) is 12.2. The van der Waals surface area contributed by atoms with E-state index in [0.29, 0.717) is 17.1 Å². The average molecular weight is 298 g/mol. The molecule has 2 aromatic rings. The highest BCUT2D eigenvalue weighted by Crippen LogP contribution is 2.25. The van der Waals surface area contributed by atoms with E-state index in [1.165, 1.54) is 6.08 Å². The normalized spacial score (nSPS) is 10.5. The first-order chi connectivity index (χ1) is 10.7. The van der Waals surface area contributed by atoms with Gasteiger partial charge in [0.1, 0.15) is 17.2 Å². The van der Waals surface area contributed by atoms with E-state index < -0.39 is 0 Å². The summed E-state index contributed by atoms with van der Waals surface area (Å²) in [7, 11) is 4.77. The van der Waals surface area contributed by atoms with E-state index in [2.05, 4.69) is 0 Å². The maximum Gasteiger partial charge on any atom is 0.185 e. The van der Waals surface area contributed by atoms with Gasteiger partial charge in [-0.25, -0.2) is 0 Å². The van der Waals surface area contributed by atoms with Crippen molar-refractivity contribution in [3.8, 4) is 17.2 Å². The fourth-order valence-corrected chi connectivity index (χ4v) is 1.99. The number of carbonyl (C=O) groups excluding carboxylic acids is 1. The molecule has 0 atom stereocenters. The van der Waals surface area contributed by atoms with Crippen molar-refractivity contribution in [1.82, 2.24) is 0 Å². The summed E-state index contributed by atoms with van der Waals surface area (Å²) in [6, 6.07) is 12.4. The van der Waals surface area contributed by atoms with Crippen molar-refractivity contribution in [1.29, 1.82) is 0 Å². The Labute approximate surface area is 129 Å². The summed E-state index contributed by atoms with van der Waals surface area (Å²) < 4.78 is 15.5. The van der Waals surface area contributed by atoms with E-state index in [1.54, 1.807) is 57.7 Å². The van der Waals surface area contributed by atoms with E-state index >= 15 is 0 Å². The van der Waals surface area contributed by atoms with Crippen molar-refractivity contribution in [3.05, 3.63) is 59.7 Å². The van der Waals surface area contributed by atoms with Crippen molar-refractivity contribution in [2.75, 3.05) is 21.3 Å². The van der Waals surface area contributed by atoms with Gasteiger partial charge in [-0.15, -0.1) is 0 Å². The van der Waals surface area contributed by atoms with Crippen LogP contribution in [0.1, 0.15) is 15.9 Å². The van der Waals surface area contributed by atoms with Gasteiger partial charge in [-0.2, -0.15) is 0 Å². The van der Waals surface area contributed by atoms with Gasteiger partial charge >= 0.3 is 0 Å². The molecule has 0 aliphatic heterocycles. The standard InChI is InChI=1S/C18H18O4/c1-20-15-7-4-13(5-8-15)17(19)10-6-14-12-16(21-2)9-11-18(14)22-3/h4-12H,1-3H3. The quantitative estimate of drug-likeness (QED) is 0.603. The Morgan fingerprint density at radius 3 is 2.09 bits per heavy atom. The molecule has 0 aromatic heterocycles. The molecule has 0 amide bonds. The molecule has 0 N–H and O–H groups in total. The zero-order valence-electron chi connectivity index (χ0n) is 12.8. The molecule has 2 rings (SSSR count). The van der Waals surface area contributed by atoms with Gasteiger partial charge in [0.05, 0.1) is 21.3 Å². The lowest BCUT2D eigenvalue weighted by atomic mass is 10.1. The number of allylic oxidation sites excluding steroid dienone is 1. The first-order valence-corrected chi connectivity index (χ1v) is 6.76. The molecule has 0 radical (unpaired) electrons. The molecule has 0 unspecified atom stereocenters. The maximum atomic E-state index is 12.2. The summed E-state index contributed by atoms with van der Waals surface area (Å²) in [6.07, 6.45) is 3.23. The van der Waals surface area contributed by atoms with Gasteiger partial charge in [-0.05, 0) is 54.6 Å². The number of hydrogen-bond donors (Lipinski definition) is 0. The van der Waals surface area contributed by atoms with Crippen molar-refractivity contribution in [3.63, 3.8) is 0 Å². The molecular formula is C18H18O4. The highest BCUT2D eigenvalue weighted by atomic mass is 16.5. The lowest BCUT2D eigenvalue weighted by Gasteiger charge is -2.07. The van der Waals surface area contributed by atoms with Crippen LogP contribution in [0.5, 0.6) is 17.2 Å². The summed E-state index contributed by atoms with van der Waals surface area (Å²) in [5, 5.41) is 0. The number of benzene rings is 2. The fraction of sp³-hybridized carbons (Fsp3) is 0.167. The van der Waals surface area contributed by atoms with Crippen LogP contribution in [0.3, 0.4) is 0 Å². The Kier molecular flexibility index (Phi) is 5.20. The Bertz CT molecular complexity index is 672. The summed E-state index contributed by atoms with van der Waals surface area (Å²) >= 11 is 0. The number of ketones is 1. The molecule has 0 bridgehead atoms. The van der Waals surface area contributed by atoms with Gasteiger partial charge in [0, 0.05) is 11.1 Å². The second-order valence-electron chi connectivity index (χ2n) is 4.53. The number of methoxy groups -OCH3 is 3. The summed E-state index contributed by atoms with van der Waals surface area (Å²) in [5.41, 5.74) is 1.38. The molecule has 22 heavy (non-hydrogen) atoms. The first-order valence-electron chi connectivity index (χ1n) is 6.76. The highest BCUT2D eigenvalue weighted by Gasteiger charge is 2.05. The van der Waals surface area contributed by atoms with Crippen LogP contribution in [0.4, 0.5) is 0 Å². The minimum absolute atomic E-state index is 0.0903. The number of hydrogen-bond acceptors (Lipinski definition) is 4. The molecule has 4 nitrogen and oxygen atoms in total. The third-order valence-corrected chi connectivity index (χ3v) is 3.23. The monoisotopic (exact) mass is 298 g/mol. The van der Waals surface area contributed by atoms with Crippen molar-refractivity contribution >= 4 is 11.9 Å². The van der Waals surface area contributed by atoms with Crippen molar-refractivity contribution in [2.45, 2.75) is 0 Å². The van der Waals surface area contributed by atoms with Crippen LogP contribution in [0.15, 0.2) is 48.5 Å². The van der Waals surface area contributed by atoms with Gasteiger partial charge in [0.15, 0.2) is 5.78 Å². The fourth-order valence-electron chi connectivity index (χ4n) is 1.99. The zero-order valence-corrected chi connectivity index (χ0v) is 12.8. The lowest BCUT2D eigenvalue weighted by molar-refractivity contribution is 0.104. The van der Waals surface area contributed by atoms with Crippen LogP contribution in [-0.2, 0) is 0 Å². The van der Waals surface area contributed by atoms with Gasteiger partial charge < -0.3 is 14.2 Å². The van der Waals surface area contributed by atoms with Crippen LogP contribution in [0, 0.1) is 0 Å². The smallest absolute Gasteiger partial charge is 0.185 e. The van der Waals surface area contributed by atoms with Crippen LogP contribution in [0.25, 0.3) is 6.08 Å². The minimum atomic E-state index is -0.0903. The van der Waals surface area contributed by atoms with Crippen molar-refractivity contribution < 1.29 is 19.0 Å². The maximum absolute atomic E-state index is 12.2. The predicted octanol–water partition coefficient (Wildman–Crippen LogP) is 3.61. The SMILES string of the molecule is COc1ccc(C(=O)C=Cc2cc(OC)ccc2OC)cc1. The Morgan fingerprint density at radius 1 is 0.864 bits per heavy atom. The Balaban J connectivity index is 2.21.